The normalized spacial score (nSPS) is 11.1. The van der Waals surface area contributed by atoms with Crippen LogP contribution in [-0.4, -0.2) is 8.42 Å². The molecule has 0 fully saturated rings. The second-order valence-corrected chi connectivity index (χ2v) is 7.55. The summed E-state index contributed by atoms with van der Waals surface area (Å²) >= 11 is 6.04. The van der Waals surface area contributed by atoms with Gasteiger partial charge in [0.15, 0.2) is 0 Å². The third-order valence-corrected chi connectivity index (χ3v) is 5.34. The van der Waals surface area contributed by atoms with E-state index >= 15 is 0 Å². The summed E-state index contributed by atoms with van der Waals surface area (Å²) in [6, 6.07) is 20.5. The number of benzene rings is 3. The smallest absolute Gasteiger partial charge is 0.261 e. The lowest BCUT2D eigenvalue weighted by Gasteiger charge is -2.10. The van der Waals surface area contributed by atoms with E-state index in [1.165, 1.54) is 12.1 Å². The number of aryl methyl sites for hydroxylation is 1. The molecule has 0 bridgehead atoms. The molecular formula is C19H16ClNO3S. The lowest BCUT2D eigenvalue weighted by Crippen LogP contribution is -2.12. The van der Waals surface area contributed by atoms with E-state index in [-0.39, 0.29) is 4.90 Å². The molecule has 0 aromatic heterocycles. The first kappa shape index (κ1) is 17.3. The number of halogens is 1. The molecule has 4 nitrogen and oxygen atoms in total. The van der Waals surface area contributed by atoms with E-state index in [0.29, 0.717) is 22.2 Å². The maximum absolute atomic E-state index is 12.5. The first-order valence-electron chi connectivity index (χ1n) is 7.56. The molecule has 0 aliphatic carbocycles. The number of para-hydroxylation sites is 1. The molecule has 0 aliphatic rings. The highest BCUT2D eigenvalue weighted by Crippen LogP contribution is 2.25. The van der Waals surface area contributed by atoms with Gasteiger partial charge in [-0.1, -0.05) is 35.9 Å². The van der Waals surface area contributed by atoms with Crippen LogP contribution in [-0.2, 0) is 10.0 Å². The van der Waals surface area contributed by atoms with Gasteiger partial charge in [0, 0.05) is 5.02 Å². The third-order valence-electron chi connectivity index (χ3n) is 3.54. The molecule has 0 spiro atoms. The number of ether oxygens (including phenoxy) is 1. The first-order chi connectivity index (χ1) is 11.9. The monoisotopic (exact) mass is 373 g/mol. The highest BCUT2D eigenvalue weighted by atomic mass is 35.5. The molecule has 3 aromatic rings. The summed E-state index contributed by atoms with van der Waals surface area (Å²) in [5.41, 5.74) is 1.30. The second-order valence-electron chi connectivity index (χ2n) is 5.46. The van der Waals surface area contributed by atoms with Gasteiger partial charge in [-0.3, -0.25) is 4.72 Å². The summed E-state index contributed by atoms with van der Waals surface area (Å²) in [4.78, 5) is 0.143. The maximum atomic E-state index is 12.5. The minimum absolute atomic E-state index is 0.143. The van der Waals surface area contributed by atoms with Crippen molar-refractivity contribution < 1.29 is 13.2 Å². The minimum Gasteiger partial charge on any atom is -0.457 e. The van der Waals surface area contributed by atoms with Gasteiger partial charge < -0.3 is 4.74 Å². The SMILES string of the molecule is Cc1ccc(NS(=O)(=O)c2ccc(Oc3ccccc3)cc2)cc1Cl. The Bertz CT molecular complexity index is 971. The average molecular weight is 374 g/mol. The van der Waals surface area contributed by atoms with Crippen molar-refractivity contribution in [2.75, 3.05) is 4.72 Å². The summed E-state index contributed by atoms with van der Waals surface area (Å²) in [5.74, 6) is 1.24. The van der Waals surface area contributed by atoms with E-state index in [9.17, 15) is 8.42 Å². The molecule has 1 N–H and O–H groups in total. The lowest BCUT2D eigenvalue weighted by atomic mass is 10.2. The molecule has 0 atom stereocenters. The van der Waals surface area contributed by atoms with Gasteiger partial charge in [0.2, 0.25) is 0 Å². The Balaban J connectivity index is 1.77. The van der Waals surface area contributed by atoms with Crippen LogP contribution in [0.5, 0.6) is 11.5 Å². The van der Waals surface area contributed by atoms with Crippen LogP contribution in [0, 0.1) is 6.92 Å². The molecule has 0 aliphatic heterocycles. The standard InChI is InChI=1S/C19H16ClNO3S/c1-14-7-8-15(13-19(14)20)21-25(22,23)18-11-9-17(10-12-18)24-16-5-3-2-4-6-16/h2-13,21H,1H3. The Labute approximate surface area is 152 Å². The molecule has 25 heavy (non-hydrogen) atoms. The number of sulfonamides is 1. The van der Waals surface area contributed by atoms with E-state index in [2.05, 4.69) is 4.72 Å². The second kappa shape index (κ2) is 7.17. The number of hydrogen-bond donors (Lipinski definition) is 1. The van der Waals surface area contributed by atoms with Gasteiger partial charge in [-0.25, -0.2) is 8.42 Å². The molecule has 3 rings (SSSR count). The van der Waals surface area contributed by atoms with Crippen molar-refractivity contribution in [2.45, 2.75) is 11.8 Å². The Hall–Kier alpha value is -2.50. The summed E-state index contributed by atoms with van der Waals surface area (Å²) in [6.45, 7) is 1.85. The fourth-order valence-corrected chi connectivity index (χ4v) is 3.41. The predicted molar refractivity (Wildman–Crippen MR) is 100.0 cm³/mol. The zero-order chi connectivity index (χ0) is 17.9. The topological polar surface area (TPSA) is 55.4 Å². The van der Waals surface area contributed by atoms with Crippen LogP contribution < -0.4 is 9.46 Å². The number of hydrogen-bond acceptors (Lipinski definition) is 3. The zero-order valence-corrected chi connectivity index (χ0v) is 15.0. The van der Waals surface area contributed by atoms with E-state index in [1.807, 2.05) is 37.3 Å². The van der Waals surface area contributed by atoms with Crippen molar-refractivity contribution >= 4 is 27.3 Å². The molecule has 0 radical (unpaired) electrons. The highest BCUT2D eigenvalue weighted by molar-refractivity contribution is 7.92. The average Bonchev–Trinajstić information content (AvgIpc) is 2.59. The fourth-order valence-electron chi connectivity index (χ4n) is 2.18. The van der Waals surface area contributed by atoms with Gasteiger partial charge in [0.25, 0.3) is 10.0 Å². The molecule has 0 saturated heterocycles. The first-order valence-corrected chi connectivity index (χ1v) is 9.42. The van der Waals surface area contributed by atoms with Crippen LogP contribution >= 0.6 is 11.6 Å². The summed E-state index contributed by atoms with van der Waals surface area (Å²) in [5, 5.41) is 0.506. The molecule has 0 saturated carbocycles. The van der Waals surface area contributed by atoms with Crippen LogP contribution in [0.2, 0.25) is 5.02 Å². The highest BCUT2D eigenvalue weighted by Gasteiger charge is 2.14. The van der Waals surface area contributed by atoms with Crippen LogP contribution in [0.25, 0.3) is 0 Å². The Kier molecular flexibility index (Phi) is 4.97. The molecule has 0 unspecified atom stereocenters. The molecule has 6 heteroatoms. The zero-order valence-electron chi connectivity index (χ0n) is 13.4. The molecule has 0 heterocycles. The van der Waals surface area contributed by atoms with E-state index in [0.717, 1.165) is 5.56 Å². The Morgan fingerprint density at radius 1 is 0.880 bits per heavy atom. The summed E-state index contributed by atoms with van der Waals surface area (Å²) in [7, 11) is -3.70. The number of rotatable bonds is 5. The van der Waals surface area contributed by atoms with Gasteiger partial charge in [0.05, 0.1) is 10.6 Å². The van der Waals surface area contributed by atoms with Gasteiger partial charge in [-0.05, 0) is 61.0 Å². The van der Waals surface area contributed by atoms with Crippen LogP contribution in [0.3, 0.4) is 0 Å². The van der Waals surface area contributed by atoms with Crippen LogP contribution in [0.15, 0.2) is 77.7 Å². The van der Waals surface area contributed by atoms with Crippen molar-refractivity contribution in [1.82, 2.24) is 0 Å². The van der Waals surface area contributed by atoms with Crippen LogP contribution in [0.1, 0.15) is 5.56 Å². The molecule has 0 amide bonds. The molecular weight excluding hydrogens is 358 g/mol. The van der Waals surface area contributed by atoms with Crippen molar-refractivity contribution in [2.24, 2.45) is 0 Å². The Morgan fingerprint density at radius 2 is 1.52 bits per heavy atom. The third kappa shape index (κ3) is 4.32. The fraction of sp³-hybridized carbons (Fsp3) is 0.0526. The summed E-state index contributed by atoms with van der Waals surface area (Å²) < 4.78 is 33.1. The van der Waals surface area contributed by atoms with Gasteiger partial charge in [0.1, 0.15) is 11.5 Å². The van der Waals surface area contributed by atoms with Gasteiger partial charge in [-0.15, -0.1) is 0 Å². The molecule has 3 aromatic carbocycles. The maximum Gasteiger partial charge on any atom is 0.261 e. The summed E-state index contributed by atoms with van der Waals surface area (Å²) in [6.07, 6.45) is 0. The predicted octanol–water partition coefficient (Wildman–Crippen LogP) is 5.24. The number of nitrogens with one attached hydrogen (secondary N) is 1. The number of anilines is 1. The molecule has 128 valence electrons. The minimum atomic E-state index is -3.70. The van der Waals surface area contributed by atoms with E-state index in [4.69, 9.17) is 16.3 Å². The van der Waals surface area contributed by atoms with Gasteiger partial charge in [-0.2, -0.15) is 0 Å². The van der Waals surface area contributed by atoms with Gasteiger partial charge >= 0.3 is 0 Å². The van der Waals surface area contributed by atoms with E-state index < -0.39 is 10.0 Å². The van der Waals surface area contributed by atoms with Crippen molar-refractivity contribution in [1.29, 1.82) is 0 Å². The van der Waals surface area contributed by atoms with Crippen molar-refractivity contribution in [3.05, 3.63) is 83.4 Å². The van der Waals surface area contributed by atoms with Crippen molar-refractivity contribution in [3.8, 4) is 11.5 Å². The van der Waals surface area contributed by atoms with Crippen LogP contribution in [0.4, 0.5) is 5.69 Å². The van der Waals surface area contributed by atoms with E-state index in [1.54, 1.807) is 30.3 Å². The lowest BCUT2D eigenvalue weighted by molar-refractivity contribution is 0.482. The Morgan fingerprint density at radius 3 is 2.16 bits per heavy atom. The quantitative estimate of drug-likeness (QED) is 0.665. The largest absolute Gasteiger partial charge is 0.457 e. The van der Waals surface area contributed by atoms with Crippen molar-refractivity contribution in [3.63, 3.8) is 0 Å².